The Labute approximate surface area is 109 Å². The van der Waals surface area contributed by atoms with Crippen molar-refractivity contribution in [1.82, 2.24) is 0 Å². The lowest BCUT2D eigenvalue weighted by molar-refractivity contribution is -0.134. The van der Waals surface area contributed by atoms with Crippen molar-refractivity contribution in [2.45, 2.75) is 26.6 Å². The van der Waals surface area contributed by atoms with Gasteiger partial charge in [0, 0.05) is 25.2 Å². The third-order valence-electron chi connectivity index (χ3n) is 2.58. The highest BCUT2D eigenvalue weighted by Crippen LogP contribution is 2.31. The van der Waals surface area contributed by atoms with Gasteiger partial charge in [0.15, 0.2) is 17.8 Å². The molecule has 0 radical (unpaired) electrons. The molecule has 1 aromatic carbocycles. The molecule has 0 aromatic heterocycles. The van der Waals surface area contributed by atoms with E-state index in [0.29, 0.717) is 19.6 Å². The number of methoxy groups -OCH3 is 2. The second-order valence-electron chi connectivity index (χ2n) is 3.70. The second-order valence-corrected chi connectivity index (χ2v) is 3.70. The van der Waals surface area contributed by atoms with Gasteiger partial charge in [-0.1, -0.05) is 12.1 Å². The van der Waals surface area contributed by atoms with Crippen LogP contribution in [-0.2, 0) is 15.9 Å². The quantitative estimate of drug-likeness (QED) is 0.668. The van der Waals surface area contributed by atoms with E-state index in [1.165, 1.54) is 0 Å². The molecule has 0 spiro atoms. The van der Waals surface area contributed by atoms with Crippen LogP contribution in [0.4, 0.5) is 0 Å². The van der Waals surface area contributed by atoms with Gasteiger partial charge in [0.05, 0.1) is 14.2 Å². The lowest BCUT2D eigenvalue weighted by Gasteiger charge is -2.19. The van der Waals surface area contributed by atoms with E-state index in [2.05, 4.69) is 0 Å². The van der Waals surface area contributed by atoms with Crippen molar-refractivity contribution < 1.29 is 18.9 Å². The van der Waals surface area contributed by atoms with Gasteiger partial charge in [-0.05, 0) is 19.9 Å². The van der Waals surface area contributed by atoms with E-state index in [9.17, 15) is 0 Å². The molecule has 18 heavy (non-hydrogen) atoms. The maximum absolute atomic E-state index is 5.54. The minimum absolute atomic E-state index is 0.249. The Morgan fingerprint density at radius 3 is 2.17 bits per heavy atom. The Morgan fingerprint density at radius 2 is 1.67 bits per heavy atom. The fraction of sp³-hybridized carbons (Fsp3) is 0.571. The van der Waals surface area contributed by atoms with Crippen LogP contribution in [-0.4, -0.2) is 33.7 Å². The third-order valence-corrected chi connectivity index (χ3v) is 2.58. The van der Waals surface area contributed by atoms with Gasteiger partial charge >= 0.3 is 0 Å². The molecule has 0 bridgehead atoms. The van der Waals surface area contributed by atoms with Gasteiger partial charge < -0.3 is 18.9 Å². The van der Waals surface area contributed by atoms with Crippen molar-refractivity contribution in [1.29, 1.82) is 0 Å². The number of benzene rings is 1. The van der Waals surface area contributed by atoms with Gasteiger partial charge in [0.25, 0.3) is 0 Å². The summed E-state index contributed by atoms with van der Waals surface area (Å²) in [5, 5.41) is 0. The van der Waals surface area contributed by atoms with E-state index >= 15 is 0 Å². The summed E-state index contributed by atoms with van der Waals surface area (Å²) >= 11 is 0. The van der Waals surface area contributed by atoms with Crippen molar-refractivity contribution in [3.05, 3.63) is 23.8 Å². The molecule has 0 fully saturated rings. The minimum Gasteiger partial charge on any atom is -0.493 e. The van der Waals surface area contributed by atoms with E-state index in [0.717, 1.165) is 17.1 Å². The van der Waals surface area contributed by atoms with Crippen LogP contribution in [0.25, 0.3) is 0 Å². The number of para-hydroxylation sites is 1. The lowest BCUT2D eigenvalue weighted by Crippen LogP contribution is -2.20. The number of ether oxygens (including phenoxy) is 4. The molecule has 0 aliphatic heterocycles. The first-order valence-corrected chi connectivity index (χ1v) is 6.19. The molecule has 0 unspecified atom stereocenters. The largest absolute Gasteiger partial charge is 0.493 e. The van der Waals surface area contributed by atoms with Crippen molar-refractivity contribution in [2.75, 3.05) is 27.4 Å². The van der Waals surface area contributed by atoms with Crippen LogP contribution in [0, 0.1) is 0 Å². The van der Waals surface area contributed by atoms with E-state index in [1.54, 1.807) is 14.2 Å². The summed E-state index contributed by atoms with van der Waals surface area (Å²) in [6.45, 7) is 5.15. The normalized spacial score (nSPS) is 10.7. The van der Waals surface area contributed by atoms with Crippen LogP contribution in [0.3, 0.4) is 0 Å². The van der Waals surface area contributed by atoms with Crippen LogP contribution >= 0.6 is 0 Å². The lowest BCUT2D eigenvalue weighted by atomic mass is 10.1. The molecule has 0 aliphatic carbocycles. The van der Waals surface area contributed by atoms with Crippen LogP contribution in [0.1, 0.15) is 19.4 Å². The van der Waals surface area contributed by atoms with E-state index in [1.807, 2.05) is 32.0 Å². The minimum atomic E-state index is -0.249. The third kappa shape index (κ3) is 3.89. The van der Waals surface area contributed by atoms with Gasteiger partial charge in [-0.3, -0.25) is 0 Å². The predicted molar refractivity (Wildman–Crippen MR) is 70.3 cm³/mol. The maximum Gasteiger partial charge on any atom is 0.164 e. The standard InChI is InChI=1S/C14H22O4/c1-5-17-13(18-6-2)10-11-8-7-9-12(15-3)14(11)16-4/h7-9,13H,5-6,10H2,1-4H3. The first kappa shape index (κ1) is 14.8. The monoisotopic (exact) mass is 254 g/mol. The molecule has 4 heteroatoms. The molecule has 0 atom stereocenters. The Kier molecular flexibility index (Phi) is 6.54. The molecule has 0 heterocycles. The van der Waals surface area contributed by atoms with Crippen molar-refractivity contribution >= 4 is 0 Å². The second kappa shape index (κ2) is 7.95. The van der Waals surface area contributed by atoms with Crippen LogP contribution in [0.2, 0.25) is 0 Å². The molecule has 0 aliphatic rings. The fourth-order valence-electron chi connectivity index (χ4n) is 1.83. The summed E-state index contributed by atoms with van der Waals surface area (Å²) < 4.78 is 21.7. The zero-order valence-electron chi connectivity index (χ0n) is 11.6. The smallest absolute Gasteiger partial charge is 0.164 e. The number of rotatable bonds is 8. The van der Waals surface area contributed by atoms with Crippen LogP contribution in [0.15, 0.2) is 18.2 Å². The molecule has 1 rings (SSSR count). The van der Waals surface area contributed by atoms with Crippen molar-refractivity contribution in [3.8, 4) is 11.5 Å². The zero-order valence-corrected chi connectivity index (χ0v) is 11.6. The van der Waals surface area contributed by atoms with Crippen LogP contribution < -0.4 is 9.47 Å². The van der Waals surface area contributed by atoms with Gasteiger partial charge in [0.2, 0.25) is 0 Å². The van der Waals surface area contributed by atoms with Crippen molar-refractivity contribution in [2.24, 2.45) is 0 Å². The summed E-state index contributed by atoms with van der Waals surface area (Å²) in [7, 11) is 3.27. The van der Waals surface area contributed by atoms with E-state index in [-0.39, 0.29) is 6.29 Å². The van der Waals surface area contributed by atoms with E-state index in [4.69, 9.17) is 18.9 Å². The molecular weight excluding hydrogens is 232 g/mol. The summed E-state index contributed by atoms with van der Waals surface area (Å²) in [4.78, 5) is 0. The molecular formula is C14H22O4. The highest BCUT2D eigenvalue weighted by Gasteiger charge is 2.15. The summed E-state index contributed by atoms with van der Waals surface area (Å²) in [6.07, 6.45) is 0.392. The average molecular weight is 254 g/mol. The molecule has 0 N–H and O–H groups in total. The molecule has 102 valence electrons. The predicted octanol–water partition coefficient (Wildman–Crippen LogP) is 2.65. The number of hydrogen-bond donors (Lipinski definition) is 0. The van der Waals surface area contributed by atoms with Crippen LogP contribution in [0.5, 0.6) is 11.5 Å². The average Bonchev–Trinajstić information content (AvgIpc) is 2.39. The van der Waals surface area contributed by atoms with Gasteiger partial charge in [-0.2, -0.15) is 0 Å². The molecule has 0 amide bonds. The van der Waals surface area contributed by atoms with Gasteiger partial charge in [-0.25, -0.2) is 0 Å². The maximum atomic E-state index is 5.54. The molecule has 1 aromatic rings. The molecule has 4 nitrogen and oxygen atoms in total. The summed E-state index contributed by atoms with van der Waals surface area (Å²) in [5.41, 5.74) is 1.02. The molecule has 0 saturated heterocycles. The highest BCUT2D eigenvalue weighted by atomic mass is 16.7. The fourth-order valence-corrected chi connectivity index (χ4v) is 1.83. The first-order chi connectivity index (χ1) is 8.76. The Bertz CT molecular complexity index is 346. The Morgan fingerprint density at radius 1 is 1.00 bits per heavy atom. The van der Waals surface area contributed by atoms with E-state index < -0.39 is 0 Å². The van der Waals surface area contributed by atoms with Crippen molar-refractivity contribution in [3.63, 3.8) is 0 Å². The summed E-state index contributed by atoms with van der Waals surface area (Å²) in [5.74, 6) is 1.46. The number of hydrogen-bond acceptors (Lipinski definition) is 4. The topological polar surface area (TPSA) is 36.9 Å². The Balaban J connectivity index is 2.87. The van der Waals surface area contributed by atoms with Gasteiger partial charge in [0.1, 0.15) is 0 Å². The highest BCUT2D eigenvalue weighted by molar-refractivity contribution is 5.46. The summed E-state index contributed by atoms with van der Waals surface area (Å²) in [6, 6.07) is 5.80. The SMILES string of the molecule is CCOC(Cc1cccc(OC)c1OC)OCC. The Hall–Kier alpha value is -1.26. The zero-order chi connectivity index (χ0) is 13.4. The van der Waals surface area contributed by atoms with Gasteiger partial charge in [-0.15, -0.1) is 0 Å². The first-order valence-electron chi connectivity index (χ1n) is 6.19. The molecule has 0 saturated carbocycles.